The second-order valence-corrected chi connectivity index (χ2v) is 5.48. The van der Waals surface area contributed by atoms with Crippen LogP contribution in [0.3, 0.4) is 0 Å². The Bertz CT molecular complexity index is 561. The smallest absolute Gasteiger partial charge is 0.351 e. The third-order valence-corrected chi connectivity index (χ3v) is 4.41. The van der Waals surface area contributed by atoms with Gasteiger partial charge in [0.25, 0.3) is 0 Å². The molecule has 1 aliphatic heterocycles. The minimum atomic E-state index is -2.28. The van der Waals surface area contributed by atoms with Gasteiger partial charge in [0.05, 0.1) is 6.61 Å². The van der Waals surface area contributed by atoms with Crippen LogP contribution in [0, 0.1) is 0 Å². The molecule has 1 fully saturated rings. The van der Waals surface area contributed by atoms with Crippen molar-refractivity contribution in [1.82, 2.24) is 9.55 Å². The summed E-state index contributed by atoms with van der Waals surface area (Å²) in [6, 6.07) is 1.32. The summed E-state index contributed by atoms with van der Waals surface area (Å²) >= 11 is 3.08. The van der Waals surface area contributed by atoms with Crippen molar-refractivity contribution in [2.24, 2.45) is 0 Å². The van der Waals surface area contributed by atoms with Gasteiger partial charge >= 0.3 is 5.69 Å². The molecular weight excluding hydrogens is 337 g/mol. The van der Waals surface area contributed by atoms with Gasteiger partial charge in [-0.2, -0.15) is 4.98 Å². The van der Waals surface area contributed by atoms with Gasteiger partial charge in [-0.3, -0.25) is 4.57 Å². The number of alkyl halides is 2. The lowest BCUT2D eigenvalue weighted by atomic mass is 9.90. The highest BCUT2D eigenvalue weighted by atomic mass is 79.9. The summed E-state index contributed by atoms with van der Waals surface area (Å²) in [5.74, 6) is -0.000676. The minimum Gasteiger partial charge on any atom is -0.393 e. The molecular formula is C11H15BrFN3O4. The molecule has 112 valence electrons. The second kappa shape index (κ2) is 5.06. The molecule has 0 aromatic carbocycles. The molecule has 0 aliphatic carbocycles. The van der Waals surface area contributed by atoms with Gasteiger partial charge in [-0.05, 0) is 13.0 Å². The second-order valence-electron chi connectivity index (χ2n) is 4.92. The molecule has 2 rings (SSSR count). The molecule has 0 unspecified atom stereocenters. The highest BCUT2D eigenvalue weighted by Gasteiger charge is 2.62. The zero-order chi connectivity index (χ0) is 15.1. The fraction of sp³-hybridized carbons (Fsp3) is 0.636. The van der Waals surface area contributed by atoms with E-state index in [4.69, 9.17) is 10.5 Å². The van der Waals surface area contributed by atoms with Crippen molar-refractivity contribution in [3.05, 3.63) is 22.7 Å². The van der Waals surface area contributed by atoms with Crippen LogP contribution in [0.5, 0.6) is 0 Å². The number of nitrogens with zero attached hydrogens (tertiary/aromatic N) is 2. The van der Waals surface area contributed by atoms with Gasteiger partial charge in [-0.15, -0.1) is 0 Å². The number of rotatable bonds is 3. The van der Waals surface area contributed by atoms with E-state index in [9.17, 15) is 19.4 Å². The Morgan fingerprint density at radius 1 is 1.70 bits per heavy atom. The minimum absolute atomic E-state index is 0.000676. The topological polar surface area (TPSA) is 111 Å². The number of aromatic nitrogens is 2. The zero-order valence-electron chi connectivity index (χ0n) is 10.7. The van der Waals surface area contributed by atoms with Crippen molar-refractivity contribution in [1.29, 1.82) is 0 Å². The van der Waals surface area contributed by atoms with Crippen LogP contribution >= 0.6 is 15.9 Å². The van der Waals surface area contributed by atoms with Crippen molar-refractivity contribution in [3.63, 3.8) is 0 Å². The molecule has 0 saturated carbocycles. The number of hydrogen-bond acceptors (Lipinski definition) is 6. The Morgan fingerprint density at radius 3 is 2.80 bits per heavy atom. The summed E-state index contributed by atoms with van der Waals surface area (Å²) in [6.07, 6.45) is -1.79. The molecule has 0 spiro atoms. The first-order valence-electron chi connectivity index (χ1n) is 5.85. The summed E-state index contributed by atoms with van der Waals surface area (Å²) in [5, 5.41) is 19.5. The van der Waals surface area contributed by atoms with E-state index < -0.39 is 35.9 Å². The molecule has 9 heteroatoms. The molecule has 0 bridgehead atoms. The van der Waals surface area contributed by atoms with Crippen molar-refractivity contribution in [3.8, 4) is 0 Å². The first-order valence-corrected chi connectivity index (χ1v) is 6.97. The molecule has 4 atom stereocenters. The Balaban J connectivity index is 2.50. The number of aliphatic hydroxyl groups excluding tert-OH is 2. The number of halogens is 2. The van der Waals surface area contributed by atoms with Crippen molar-refractivity contribution >= 4 is 21.7 Å². The number of hydrogen-bond donors (Lipinski definition) is 3. The van der Waals surface area contributed by atoms with Gasteiger partial charge in [0.1, 0.15) is 17.5 Å². The number of nitrogens with two attached hydrogens (primary N) is 1. The molecule has 2 heterocycles. The van der Waals surface area contributed by atoms with Crippen LogP contribution in [-0.2, 0) is 4.74 Å². The van der Waals surface area contributed by atoms with Crippen LogP contribution in [0.1, 0.15) is 13.2 Å². The lowest BCUT2D eigenvalue weighted by Crippen LogP contribution is -2.50. The summed E-state index contributed by atoms with van der Waals surface area (Å²) in [5.41, 5.74) is 0.762. The highest BCUT2D eigenvalue weighted by Crippen LogP contribution is 2.46. The van der Waals surface area contributed by atoms with Gasteiger partial charge < -0.3 is 20.7 Å². The fourth-order valence-corrected chi connectivity index (χ4v) is 2.87. The summed E-state index contributed by atoms with van der Waals surface area (Å²) in [6.45, 7) is 0.498. The quantitative estimate of drug-likeness (QED) is 0.637. The Hall–Kier alpha value is -1.03. The predicted molar refractivity (Wildman–Crippen MR) is 72.2 cm³/mol. The average Bonchev–Trinajstić information content (AvgIpc) is 2.60. The summed E-state index contributed by atoms with van der Waals surface area (Å²) < 4.78 is 21.1. The van der Waals surface area contributed by atoms with E-state index in [0.717, 1.165) is 11.5 Å². The maximum Gasteiger partial charge on any atom is 0.351 e. The lowest BCUT2D eigenvalue weighted by molar-refractivity contribution is -0.114. The van der Waals surface area contributed by atoms with Crippen LogP contribution in [0.2, 0.25) is 0 Å². The Labute approximate surface area is 122 Å². The number of nitrogen functional groups attached to an aromatic ring is 1. The van der Waals surface area contributed by atoms with E-state index in [1.54, 1.807) is 0 Å². The molecule has 20 heavy (non-hydrogen) atoms. The van der Waals surface area contributed by atoms with Gasteiger partial charge in [0.15, 0.2) is 11.9 Å². The van der Waals surface area contributed by atoms with E-state index in [1.165, 1.54) is 12.3 Å². The molecule has 1 aliphatic rings. The van der Waals surface area contributed by atoms with Crippen molar-refractivity contribution in [2.45, 2.75) is 30.5 Å². The Morgan fingerprint density at radius 2 is 2.35 bits per heavy atom. The number of aliphatic hydroxyl groups is 2. The van der Waals surface area contributed by atoms with Crippen LogP contribution in [0.25, 0.3) is 0 Å². The normalized spacial score (nSPS) is 37.2. The monoisotopic (exact) mass is 351 g/mol. The van der Waals surface area contributed by atoms with E-state index in [2.05, 4.69) is 20.9 Å². The standard InChI is InChI=1S/C11H15BrFN3O4/c1-10(13)7(18)11(4-12,5-17)20-8(10)16-3-2-6(14)15-9(16)19/h2-3,7-8,17-18H,4-5H2,1H3,(H2,14,15,19)/t7-,8+,10+,11+/m0/s1. The van der Waals surface area contributed by atoms with Crippen LogP contribution in [0.4, 0.5) is 10.2 Å². The molecule has 0 amide bonds. The molecule has 1 saturated heterocycles. The van der Waals surface area contributed by atoms with E-state index in [0.29, 0.717) is 0 Å². The third kappa shape index (κ3) is 2.14. The number of anilines is 1. The molecule has 1 aromatic heterocycles. The van der Waals surface area contributed by atoms with Crippen molar-refractivity contribution < 1.29 is 19.3 Å². The highest BCUT2D eigenvalue weighted by molar-refractivity contribution is 9.09. The molecule has 1 aromatic rings. The lowest BCUT2D eigenvalue weighted by Gasteiger charge is -2.28. The van der Waals surface area contributed by atoms with Crippen LogP contribution in [-0.4, -0.2) is 49.1 Å². The van der Waals surface area contributed by atoms with Gasteiger partial charge in [0, 0.05) is 11.5 Å². The third-order valence-electron chi connectivity index (χ3n) is 3.46. The van der Waals surface area contributed by atoms with Gasteiger partial charge in [-0.1, -0.05) is 15.9 Å². The largest absolute Gasteiger partial charge is 0.393 e. The molecule has 0 radical (unpaired) electrons. The average molecular weight is 352 g/mol. The Kier molecular flexibility index (Phi) is 3.89. The van der Waals surface area contributed by atoms with E-state index in [-0.39, 0.29) is 11.1 Å². The summed E-state index contributed by atoms with van der Waals surface area (Å²) in [7, 11) is 0. The van der Waals surface area contributed by atoms with Crippen LogP contribution in [0.15, 0.2) is 17.1 Å². The number of ether oxygens (including phenoxy) is 1. The first-order chi connectivity index (χ1) is 9.28. The first kappa shape index (κ1) is 15.4. The predicted octanol–water partition coefficient (Wildman–Crippen LogP) is -0.431. The SMILES string of the molecule is C[C@@]1(F)[C@H](O)[C@](CO)(CBr)O[C@H]1n1ccc(N)nc1=O. The van der Waals surface area contributed by atoms with Crippen molar-refractivity contribution in [2.75, 3.05) is 17.7 Å². The van der Waals surface area contributed by atoms with Crippen LogP contribution < -0.4 is 11.4 Å². The summed E-state index contributed by atoms with van der Waals surface area (Å²) in [4.78, 5) is 15.3. The zero-order valence-corrected chi connectivity index (χ0v) is 12.2. The fourth-order valence-electron chi connectivity index (χ4n) is 2.26. The van der Waals surface area contributed by atoms with E-state index >= 15 is 0 Å². The maximum atomic E-state index is 14.8. The van der Waals surface area contributed by atoms with Gasteiger partial charge in [-0.25, -0.2) is 9.18 Å². The van der Waals surface area contributed by atoms with Gasteiger partial charge in [0.2, 0.25) is 0 Å². The maximum absolute atomic E-state index is 14.8. The molecule has 7 nitrogen and oxygen atoms in total. The van der Waals surface area contributed by atoms with E-state index in [1.807, 2.05) is 0 Å². The molecule has 4 N–H and O–H groups in total.